The van der Waals surface area contributed by atoms with E-state index in [9.17, 15) is 0 Å². The van der Waals surface area contributed by atoms with Crippen molar-refractivity contribution in [3.05, 3.63) is 39.9 Å². The predicted octanol–water partition coefficient (Wildman–Crippen LogP) is 2.57. The maximum absolute atomic E-state index is 5.50. The van der Waals surface area contributed by atoms with Crippen molar-refractivity contribution in [2.75, 3.05) is 26.3 Å². The first kappa shape index (κ1) is 15.8. The molecule has 7 heteroatoms. The molecule has 0 aliphatic carbocycles. The summed E-state index contributed by atoms with van der Waals surface area (Å²) in [5.74, 6) is 2.95. The zero-order valence-corrected chi connectivity index (χ0v) is 15.3. The lowest BCUT2D eigenvalue weighted by Gasteiger charge is -2.30. The first-order valence-electron chi connectivity index (χ1n) is 8.38. The zero-order chi connectivity index (χ0) is 16.5. The second kappa shape index (κ2) is 6.64. The summed E-state index contributed by atoms with van der Waals surface area (Å²) < 4.78 is 8.73. The van der Waals surface area contributed by atoms with Crippen LogP contribution in [0.3, 0.4) is 0 Å². The fourth-order valence-corrected chi connectivity index (χ4v) is 3.64. The van der Waals surface area contributed by atoms with E-state index in [1.165, 1.54) is 0 Å². The first-order valence-corrected chi connectivity index (χ1v) is 9.18. The van der Waals surface area contributed by atoms with E-state index in [0.29, 0.717) is 6.54 Å². The van der Waals surface area contributed by atoms with E-state index >= 15 is 0 Å². The Morgan fingerprint density at radius 2 is 2.04 bits per heavy atom. The molecule has 126 valence electrons. The number of aryl methyl sites for hydroxylation is 1. The van der Waals surface area contributed by atoms with E-state index in [0.717, 1.165) is 72.4 Å². The second-order valence-electron chi connectivity index (χ2n) is 6.02. The largest absolute Gasteiger partial charge is 0.378 e. The average Bonchev–Trinajstić information content (AvgIpc) is 2.92. The molecule has 6 nitrogen and oxygen atoms in total. The lowest BCUT2D eigenvalue weighted by molar-refractivity contribution is 0.0682. The van der Waals surface area contributed by atoms with Crippen LogP contribution in [0.4, 0.5) is 0 Å². The molecule has 0 atom stereocenters. The highest BCUT2D eigenvalue weighted by atomic mass is 79.9. The topological polar surface area (TPSA) is 55.5 Å². The Labute approximate surface area is 149 Å². The van der Waals surface area contributed by atoms with Crippen LogP contribution < -0.4 is 0 Å². The number of rotatable bonds is 2. The van der Waals surface area contributed by atoms with Crippen molar-refractivity contribution in [2.24, 2.45) is 4.99 Å². The van der Waals surface area contributed by atoms with Gasteiger partial charge in [0.2, 0.25) is 0 Å². The summed E-state index contributed by atoms with van der Waals surface area (Å²) in [4.78, 5) is 7.20. The number of hydrogen-bond acceptors (Lipinski definition) is 5. The lowest BCUT2D eigenvalue weighted by atomic mass is 10.1. The van der Waals surface area contributed by atoms with Crippen LogP contribution in [-0.4, -0.2) is 51.8 Å². The van der Waals surface area contributed by atoms with Gasteiger partial charge in [0, 0.05) is 29.5 Å². The van der Waals surface area contributed by atoms with Crippen LogP contribution >= 0.6 is 15.9 Å². The summed E-state index contributed by atoms with van der Waals surface area (Å²) in [6.45, 7) is 5.94. The van der Waals surface area contributed by atoms with Gasteiger partial charge >= 0.3 is 0 Å². The number of aliphatic imine (C=N–C) groups is 1. The Morgan fingerprint density at radius 3 is 2.83 bits per heavy atom. The van der Waals surface area contributed by atoms with E-state index in [-0.39, 0.29) is 0 Å². The number of aromatic nitrogens is 3. The van der Waals surface area contributed by atoms with Crippen molar-refractivity contribution in [3.8, 4) is 5.69 Å². The number of hydrogen-bond donors (Lipinski definition) is 0. The number of amidine groups is 1. The van der Waals surface area contributed by atoms with Crippen LogP contribution in [-0.2, 0) is 17.7 Å². The van der Waals surface area contributed by atoms with Crippen molar-refractivity contribution in [1.29, 1.82) is 0 Å². The maximum atomic E-state index is 5.50. The molecule has 0 radical (unpaired) electrons. The monoisotopic (exact) mass is 389 g/mol. The van der Waals surface area contributed by atoms with Gasteiger partial charge in [-0.2, -0.15) is 0 Å². The summed E-state index contributed by atoms with van der Waals surface area (Å²) in [6, 6.07) is 6.35. The van der Waals surface area contributed by atoms with E-state index < -0.39 is 0 Å². The van der Waals surface area contributed by atoms with Crippen molar-refractivity contribution in [3.63, 3.8) is 0 Å². The highest BCUT2D eigenvalue weighted by Gasteiger charge is 2.25. The quantitative estimate of drug-likeness (QED) is 0.791. The van der Waals surface area contributed by atoms with Gasteiger partial charge in [0.15, 0.2) is 5.82 Å². The average molecular weight is 390 g/mol. The Kier molecular flexibility index (Phi) is 4.37. The molecule has 2 aliphatic heterocycles. The third kappa shape index (κ3) is 2.75. The molecule has 2 aliphatic rings. The Morgan fingerprint density at radius 1 is 1.21 bits per heavy atom. The second-order valence-corrected chi connectivity index (χ2v) is 6.93. The van der Waals surface area contributed by atoms with Gasteiger partial charge in [-0.05, 0) is 24.6 Å². The molecule has 3 heterocycles. The van der Waals surface area contributed by atoms with Crippen LogP contribution in [0.5, 0.6) is 0 Å². The van der Waals surface area contributed by atoms with Gasteiger partial charge in [-0.1, -0.05) is 22.9 Å². The van der Waals surface area contributed by atoms with Crippen LogP contribution in [0.15, 0.2) is 27.7 Å². The summed E-state index contributed by atoms with van der Waals surface area (Å²) in [6.07, 6.45) is 1.95. The molecule has 4 rings (SSSR count). The molecule has 0 amide bonds. The minimum absolute atomic E-state index is 0.551. The number of halogens is 1. The molecule has 1 fully saturated rings. The Balaban J connectivity index is 1.85. The van der Waals surface area contributed by atoms with Crippen molar-refractivity contribution < 1.29 is 4.74 Å². The number of fused-ring (bicyclic) bond motifs is 3. The van der Waals surface area contributed by atoms with Gasteiger partial charge in [0.1, 0.15) is 18.2 Å². The van der Waals surface area contributed by atoms with E-state index in [2.05, 4.69) is 60.7 Å². The van der Waals surface area contributed by atoms with Crippen LogP contribution in [0.1, 0.15) is 30.6 Å². The first-order chi connectivity index (χ1) is 11.8. The third-order valence-corrected chi connectivity index (χ3v) is 4.89. The lowest BCUT2D eigenvalue weighted by Crippen LogP contribution is -2.41. The fraction of sp³-hybridized carbons (Fsp3) is 0.471. The molecule has 0 N–H and O–H groups in total. The summed E-state index contributed by atoms with van der Waals surface area (Å²) >= 11 is 3.61. The van der Waals surface area contributed by atoms with Gasteiger partial charge in [-0.3, -0.25) is 9.56 Å². The highest BCUT2D eigenvalue weighted by molar-refractivity contribution is 9.10. The number of morpholine rings is 1. The van der Waals surface area contributed by atoms with Crippen molar-refractivity contribution >= 4 is 21.8 Å². The van der Waals surface area contributed by atoms with Gasteiger partial charge in [-0.15, -0.1) is 10.2 Å². The molecule has 24 heavy (non-hydrogen) atoms. The van der Waals surface area contributed by atoms with Crippen molar-refractivity contribution in [1.82, 2.24) is 19.7 Å². The molecule has 0 bridgehead atoms. The zero-order valence-electron chi connectivity index (χ0n) is 13.7. The summed E-state index contributed by atoms with van der Waals surface area (Å²) in [7, 11) is 0. The molecule has 1 aromatic carbocycles. The SMILES string of the molecule is CCCc1nnc2n1-c1ccc(Br)cc1C(N1CCOCC1)=NC2. The van der Waals surface area contributed by atoms with Crippen LogP contribution in [0.25, 0.3) is 5.69 Å². The predicted molar refractivity (Wildman–Crippen MR) is 95.7 cm³/mol. The molecule has 0 saturated carbocycles. The van der Waals surface area contributed by atoms with Gasteiger partial charge in [0.05, 0.1) is 18.9 Å². The molecular weight excluding hydrogens is 370 g/mol. The van der Waals surface area contributed by atoms with Gasteiger partial charge in [-0.25, -0.2) is 0 Å². The molecular formula is C17H20BrN5O. The van der Waals surface area contributed by atoms with Gasteiger partial charge in [0.25, 0.3) is 0 Å². The normalized spacial score (nSPS) is 17.1. The highest BCUT2D eigenvalue weighted by Crippen LogP contribution is 2.27. The number of nitrogens with zero attached hydrogens (tertiary/aromatic N) is 5. The molecule has 0 spiro atoms. The Hall–Kier alpha value is -1.73. The fourth-order valence-electron chi connectivity index (χ4n) is 3.28. The number of ether oxygens (including phenoxy) is 1. The molecule has 0 unspecified atom stereocenters. The number of benzene rings is 1. The van der Waals surface area contributed by atoms with Crippen LogP contribution in [0, 0.1) is 0 Å². The van der Waals surface area contributed by atoms with Crippen molar-refractivity contribution in [2.45, 2.75) is 26.3 Å². The standard InChI is InChI=1S/C17H20BrN5O/c1-2-3-15-20-21-16-11-19-17(22-6-8-24-9-7-22)13-10-12(18)4-5-14(13)23(15)16/h4-5,10H,2-3,6-9,11H2,1H3. The smallest absolute Gasteiger partial charge is 0.159 e. The summed E-state index contributed by atoms with van der Waals surface area (Å²) in [5.41, 5.74) is 2.24. The molecule has 2 aromatic rings. The van der Waals surface area contributed by atoms with E-state index in [4.69, 9.17) is 9.73 Å². The van der Waals surface area contributed by atoms with E-state index in [1.54, 1.807) is 0 Å². The maximum Gasteiger partial charge on any atom is 0.159 e. The van der Waals surface area contributed by atoms with Gasteiger partial charge < -0.3 is 9.64 Å². The Bertz CT molecular complexity index is 779. The molecule has 1 aromatic heterocycles. The third-order valence-electron chi connectivity index (χ3n) is 4.39. The molecule has 1 saturated heterocycles. The minimum Gasteiger partial charge on any atom is -0.378 e. The minimum atomic E-state index is 0.551. The summed E-state index contributed by atoms with van der Waals surface area (Å²) in [5, 5.41) is 8.77. The van der Waals surface area contributed by atoms with Crippen LogP contribution in [0.2, 0.25) is 0 Å². The van der Waals surface area contributed by atoms with E-state index in [1.807, 2.05) is 0 Å².